The van der Waals surface area contributed by atoms with E-state index in [4.69, 9.17) is 0 Å². The predicted octanol–water partition coefficient (Wildman–Crippen LogP) is 5.36. The summed E-state index contributed by atoms with van der Waals surface area (Å²) in [6.07, 6.45) is 0. The lowest BCUT2D eigenvalue weighted by Crippen LogP contribution is -2.47. The van der Waals surface area contributed by atoms with E-state index in [1.807, 2.05) is 43.3 Å². The van der Waals surface area contributed by atoms with Gasteiger partial charge in [0, 0.05) is 18.5 Å². The lowest BCUT2D eigenvalue weighted by atomic mass is 9.71. The second kappa shape index (κ2) is 7.47. The molecule has 0 bridgehead atoms. The van der Waals surface area contributed by atoms with Gasteiger partial charge in [-0.15, -0.1) is 0 Å². The Morgan fingerprint density at radius 3 is 2.28 bits per heavy atom. The van der Waals surface area contributed by atoms with Crippen LogP contribution in [0.2, 0.25) is 0 Å². The van der Waals surface area contributed by atoms with Gasteiger partial charge in [0.1, 0.15) is 5.75 Å². The van der Waals surface area contributed by atoms with E-state index in [-0.39, 0.29) is 5.75 Å². The fourth-order valence-electron chi connectivity index (χ4n) is 4.80. The highest BCUT2D eigenvalue weighted by Gasteiger charge is 2.42. The third-order valence-electron chi connectivity index (χ3n) is 6.63. The molecule has 4 aromatic rings. The van der Waals surface area contributed by atoms with E-state index < -0.39 is 15.4 Å². The number of hydrogen-bond donors (Lipinski definition) is 1. The van der Waals surface area contributed by atoms with Gasteiger partial charge in [-0.05, 0) is 58.7 Å². The van der Waals surface area contributed by atoms with Crippen molar-refractivity contribution in [1.82, 2.24) is 4.31 Å². The Balaban J connectivity index is 1.73. The van der Waals surface area contributed by atoms with Crippen molar-refractivity contribution in [2.45, 2.75) is 30.7 Å². The number of hydrogen-bond acceptors (Lipinski definition) is 3. The van der Waals surface area contributed by atoms with E-state index in [0.29, 0.717) is 18.0 Å². The molecule has 1 aliphatic heterocycles. The molecule has 4 aromatic carbocycles. The Morgan fingerprint density at radius 1 is 0.875 bits per heavy atom. The van der Waals surface area contributed by atoms with Gasteiger partial charge in [0.15, 0.2) is 0 Å². The van der Waals surface area contributed by atoms with Gasteiger partial charge < -0.3 is 5.11 Å². The van der Waals surface area contributed by atoms with E-state index in [1.165, 1.54) is 0 Å². The Labute approximate surface area is 188 Å². The highest BCUT2D eigenvalue weighted by atomic mass is 32.2. The molecule has 5 rings (SSSR count). The predicted molar refractivity (Wildman–Crippen MR) is 127 cm³/mol. The van der Waals surface area contributed by atoms with Crippen molar-refractivity contribution in [1.29, 1.82) is 0 Å². The second-order valence-corrected chi connectivity index (χ2v) is 10.7. The molecule has 0 aliphatic carbocycles. The summed E-state index contributed by atoms with van der Waals surface area (Å²) < 4.78 is 29.0. The molecule has 0 saturated heterocycles. The maximum atomic E-state index is 13.7. The molecule has 5 heteroatoms. The van der Waals surface area contributed by atoms with Gasteiger partial charge in [0.25, 0.3) is 0 Å². The standard InChI is InChI=1S/C27H25NO3S/c1-19-7-14-23(15-8-19)32(30,31)28-17-25-24-6-4-3-5-20(24)9-16-26(25)27(2,18-28)21-10-12-22(29)13-11-21/h3-16,29H,17-18H2,1-2H3. The zero-order valence-electron chi connectivity index (χ0n) is 18.1. The minimum absolute atomic E-state index is 0.191. The number of rotatable bonds is 3. The van der Waals surface area contributed by atoms with Gasteiger partial charge in [0.05, 0.1) is 4.90 Å². The van der Waals surface area contributed by atoms with Crippen LogP contribution in [-0.4, -0.2) is 24.4 Å². The van der Waals surface area contributed by atoms with Gasteiger partial charge in [-0.3, -0.25) is 0 Å². The molecule has 0 radical (unpaired) electrons. The van der Waals surface area contributed by atoms with Crippen molar-refractivity contribution in [2.75, 3.05) is 6.54 Å². The lowest BCUT2D eigenvalue weighted by Gasteiger charge is -2.42. The van der Waals surface area contributed by atoms with Crippen LogP contribution >= 0.6 is 0 Å². The normalized spacial score (nSPS) is 19.1. The molecule has 32 heavy (non-hydrogen) atoms. The summed E-state index contributed by atoms with van der Waals surface area (Å²) in [5.74, 6) is 0.191. The molecule has 0 amide bonds. The molecule has 1 atom stereocenters. The molecule has 1 unspecified atom stereocenters. The molecule has 0 aromatic heterocycles. The van der Waals surface area contributed by atoms with Crippen molar-refractivity contribution >= 4 is 20.8 Å². The fraction of sp³-hybridized carbons (Fsp3) is 0.185. The van der Waals surface area contributed by atoms with Crippen LogP contribution in [0.1, 0.15) is 29.2 Å². The average molecular weight is 444 g/mol. The van der Waals surface area contributed by atoms with Crippen LogP contribution < -0.4 is 0 Å². The van der Waals surface area contributed by atoms with Crippen molar-refractivity contribution in [3.05, 3.63) is 107 Å². The largest absolute Gasteiger partial charge is 0.508 e. The van der Waals surface area contributed by atoms with Crippen molar-refractivity contribution in [3.8, 4) is 5.75 Å². The van der Waals surface area contributed by atoms with Crippen LogP contribution in [0.3, 0.4) is 0 Å². The first-order valence-corrected chi connectivity index (χ1v) is 12.1. The number of nitrogens with zero attached hydrogens (tertiary/aromatic N) is 1. The molecule has 0 spiro atoms. The summed E-state index contributed by atoms with van der Waals surface area (Å²) in [4.78, 5) is 0.305. The Hall–Kier alpha value is -3.15. The number of benzene rings is 4. The van der Waals surface area contributed by atoms with Crippen LogP contribution in [0.4, 0.5) is 0 Å². The minimum atomic E-state index is -3.69. The molecule has 0 fully saturated rings. The second-order valence-electron chi connectivity index (χ2n) is 8.78. The molecule has 162 valence electrons. The third kappa shape index (κ3) is 3.29. The van der Waals surface area contributed by atoms with Crippen LogP contribution in [0.15, 0.2) is 89.8 Å². The SMILES string of the molecule is Cc1ccc(S(=O)(=O)N2Cc3c(ccc4ccccc34)C(C)(c3ccc(O)cc3)C2)cc1. The number of phenolic OH excluding ortho intramolecular Hbond substituents is 1. The maximum absolute atomic E-state index is 13.7. The molecule has 1 aliphatic rings. The van der Waals surface area contributed by atoms with Gasteiger partial charge >= 0.3 is 0 Å². The number of aromatic hydroxyl groups is 1. The van der Waals surface area contributed by atoms with Crippen LogP contribution in [0, 0.1) is 6.92 Å². The van der Waals surface area contributed by atoms with Crippen LogP contribution in [0.25, 0.3) is 10.8 Å². The minimum Gasteiger partial charge on any atom is -0.508 e. The van der Waals surface area contributed by atoms with Gasteiger partial charge in [-0.1, -0.05) is 73.2 Å². The van der Waals surface area contributed by atoms with E-state index in [0.717, 1.165) is 33.0 Å². The Bertz CT molecular complexity index is 1410. The lowest BCUT2D eigenvalue weighted by molar-refractivity contribution is 0.317. The number of sulfonamides is 1. The zero-order chi connectivity index (χ0) is 22.5. The molecule has 0 saturated carbocycles. The molecule has 1 heterocycles. The van der Waals surface area contributed by atoms with Crippen molar-refractivity contribution in [3.63, 3.8) is 0 Å². The summed E-state index contributed by atoms with van der Waals surface area (Å²) in [5.41, 5.74) is 3.57. The highest BCUT2D eigenvalue weighted by Crippen LogP contribution is 2.43. The van der Waals surface area contributed by atoms with Crippen LogP contribution in [0.5, 0.6) is 5.75 Å². The molecular formula is C27H25NO3S. The Morgan fingerprint density at radius 2 is 1.56 bits per heavy atom. The van der Waals surface area contributed by atoms with Gasteiger partial charge in [-0.2, -0.15) is 4.31 Å². The fourth-order valence-corrected chi connectivity index (χ4v) is 6.30. The molecular weight excluding hydrogens is 418 g/mol. The van der Waals surface area contributed by atoms with Crippen molar-refractivity contribution in [2.24, 2.45) is 0 Å². The third-order valence-corrected chi connectivity index (χ3v) is 8.43. The van der Waals surface area contributed by atoms with E-state index in [9.17, 15) is 13.5 Å². The monoisotopic (exact) mass is 443 g/mol. The van der Waals surface area contributed by atoms with Crippen LogP contribution in [-0.2, 0) is 22.0 Å². The Kier molecular flexibility index (Phi) is 4.84. The van der Waals surface area contributed by atoms with Gasteiger partial charge in [0.2, 0.25) is 10.0 Å². The highest BCUT2D eigenvalue weighted by molar-refractivity contribution is 7.89. The quantitative estimate of drug-likeness (QED) is 0.463. The summed E-state index contributed by atoms with van der Waals surface area (Å²) in [7, 11) is -3.69. The summed E-state index contributed by atoms with van der Waals surface area (Å²) in [6.45, 7) is 4.67. The van der Waals surface area contributed by atoms with E-state index >= 15 is 0 Å². The number of phenols is 1. The summed E-state index contributed by atoms with van der Waals surface area (Å²) in [6, 6.07) is 26.5. The first-order chi connectivity index (χ1) is 15.3. The maximum Gasteiger partial charge on any atom is 0.243 e. The zero-order valence-corrected chi connectivity index (χ0v) is 18.9. The first-order valence-electron chi connectivity index (χ1n) is 10.7. The van der Waals surface area contributed by atoms with Gasteiger partial charge in [-0.25, -0.2) is 8.42 Å². The van der Waals surface area contributed by atoms with E-state index in [1.54, 1.807) is 28.6 Å². The number of aryl methyl sites for hydroxylation is 1. The van der Waals surface area contributed by atoms with E-state index in [2.05, 4.69) is 31.2 Å². The average Bonchev–Trinajstić information content (AvgIpc) is 2.79. The summed E-state index contributed by atoms with van der Waals surface area (Å²) >= 11 is 0. The summed E-state index contributed by atoms with van der Waals surface area (Å²) in [5, 5.41) is 12.0. The number of fused-ring (bicyclic) bond motifs is 3. The smallest absolute Gasteiger partial charge is 0.243 e. The van der Waals surface area contributed by atoms with Crippen molar-refractivity contribution < 1.29 is 13.5 Å². The first kappa shape index (κ1) is 20.7. The molecule has 1 N–H and O–H groups in total. The topological polar surface area (TPSA) is 57.6 Å². The molecule has 4 nitrogen and oxygen atoms in total.